The summed E-state index contributed by atoms with van der Waals surface area (Å²) in [6, 6.07) is 0. The van der Waals surface area contributed by atoms with E-state index in [9.17, 15) is 14.4 Å². The van der Waals surface area contributed by atoms with Gasteiger partial charge in [-0.15, -0.1) is 0 Å². The Bertz CT molecular complexity index is 384. The Kier molecular flexibility index (Phi) is 4.88. The average molecular weight is 256 g/mol. The summed E-state index contributed by atoms with van der Waals surface area (Å²) < 4.78 is 14.2. The first-order valence-electron chi connectivity index (χ1n) is 5.52. The fourth-order valence-electron chi connectivity index (χ4n) is 1.94. The number of carbonyl (C=O) groups excluding carboxylic acids is 3. The van der Waals surface area contributed by atoms with E-state index < -0.39 is 29.7 Å². The zero-order valence-corrected chi connectivity index (χ0v) is 10.6. The summed E-state index contributed by atoms with van der Waals surface area (Å²) in [4.78, 5) is 34.0. The van der Waals surface area contributed by atoms with Crippen LogP contribution in [0.2, 0.25) is 0 Å². The molecule has 6 heteroatoms. The van der Waals surface area contributed by atoms with Crippen LogP contribution in [-0.2, 0) is 28.6 Å². The molecule has 2 atom stereocenters. The van der Waals surface area contributed by atoms with Crippen LogP contribution in [0.25, 0.3) is 0 Å². The molecular weight excluding hydrogens is 240 g/mol. The third-order valence-corrected chi connectivity index (χ3v) is 2.79. The maximum absolute atomic E-state index is 11.6. The van der Waals surface area contributed by atoms with Crippen molar-refractivity contribution in [1.29, 1.82) is 0 Å². The second-order valence-electron chi connectivity index (χ2n) is 3.96. The Balaban J connectivity index is 2.87. The van der Waals surface area contributed by atoms with Crippen LogP contribution in [0.1, 0.15) is 19.8 Å². The van der Waals surface area contributed by atoms with Gasteiger partial charge in [0, 0.05) is 13.3 Å². The lowest BCUT2D eigenvalue weighted by Gasteiger charge is -2.26. The lowest BCUT2D eigenvalue weighted by molar-refractivity contribution is -0.158. The molecule has 0 aromatic carbocycles. The first-order chi connectivity index (χ1) is 8.49. The van der Waals surface area contributed by atoms with Gasteiger partial charge in [0.05, 0.1) is 26.1 Å². The number of rotatable bonds is 3. The van der Waals surface area contributed by atoms with E-state index in [1.165, 1.54) is 21.1 Å². The SMILES string of the molecule is COC(=O)C1CC=C(OC(C)=O)CC1C(=O)OC. The molecule has 0 amide bonds. The van der Waals surface area contributed by atoms with E-state index in [0.717, 1.165) is 0 Å². The zero-order chi connectivity index (χ0) is 13.7. The minimum absolute atomic E-state index is 0.159. The predicted molar refractivity (Wildman–Crippen MR) is 60.1 cm³/mol. The number of esters is 3. The van der Waals surface area contributed by atoms with Gasteiger partial charge in [-0.2, -0.15) is 0 Å². The predicted octanol–water partition coefficient (Wildman–Crippen LogP) is 0.806. The Hall–Kier alpha value is -1.85. The van der Waals surface area contributed by atoms with Crippen molar-refractivity contribution in [3.8, 4) is 0 Å². The normalized spacial score (nSPS) is 22.7. The fourth-order valence-corrected chi connectivity index (χ4v) is 1.94. The molecule has 0 fully saturated rings. The maximum Gasteiger partial charge on any atom is 0.310 e. The third kappa shape index (κ3) is 3.32. The Morgan fingerprint density at radius 1 is 1.11 bits per heavy atom. The molecule has 1 rings (SSSR count). The van der Waals surface area contributed by atoms with E-state index in [1.807, 2.05) is 0 Å². The number of methoxy groups -OCH3 is 2. The number of allylic oxidation sites excluding steroid dienone is 2. The molecular formula is C12H16O6. The van der Waals surface area contributed by atoms with Crippen molar-refractivity contribution in [2.24, 2.45) is 11.8 Å². The number of ether oxygens (including phenoxy) is 3. The molecule has 1 aliphatic rings. The van der Waals surface area contributed by atoms with Gasteiger partial charge in [0.15, 0.2) is 0 Å². The highest BCUT2D eigenvalue weighted by molar-refractivity contribution is 5.83. The molecule has 0 N–H and O–H groups in total. The van der Waals surface area contributed by atoms with Crippen LogP contribution < -0.4 is 0 Å². The number of hydrogen-bond acceptors (Lipinski definition) is 6. The van der Waals surface area contributed by atoms with Crippen molar-refractivity contribution in [3.63, 3.8) is 0 Å². The molecule has 0 spiro atoms. The standard InChI is InChI=1S/C12H16O6/c1-7(13)18-8-4-5-9(11(14)16-2)10(6-8)12(15)17-3/h4,9-10H,5-6H2,1-3H3. The van der Waals surface area contributed by atoms with E-state index in [4.69, 9.17) is 4.74 Å². The summed E-state index contributed by atoms with van der Waals surface area (Å²) in [5, 5.41) is 0. The lowest BCUT2D eigenvalue weighted by atomic mass is 9.82. The molecule has 6 nitrogen and oxygen atoms in total. The Morgan fingerprint density at radius 3 is 2.17 bits per heavy atom. The van der Waals surface area contributed by atoms with Crippen LogP contribution in [-0.4, -0.2) is 32.1 Å². The molecule has 0 aliphatic heterocycles. The van der Waals surface area contributed by atoms with Crippen molar-refractivity contribution in [2.45, 2.75) is 19.8 Å². The minimum atomic E-state index is -0.679. The molecule has 0 aromatic heterocycles. The maximum atomic E-state index is 11.6. The van der Waals surface area contributed by atoms with Gasteiger partial charge in [-0.25, -0.2) is 0 Å². The highest BCUT2D eigenvalue weighted by Crippen LogP contribution is 2.32. The summed E-state index contributed by atoms with van der Waals surface area (Å²) in [6.45, 7) is 1.28. The summed E-state index contributed by atoms with van der Waals surface area (Å²) in [5.41, 5.74) is 0. The van der Waals surface area contributed by atoms with Crippen LogP contribution in [0.4, 0.5) is 0 Å². The largest absolute Gasteiger partial charge is 0.469 e. The van der Waals surface area contributed by atoms with Crippen LogP contribution >= 0.6 is 0 Å². The van der Waals surface area contributed by atoms with Crippen LogP contribution in [0, 0.1) is 11.8 Å². The van der Waals surface area contributed by atoms with Crippen molar-refractivity contribution < 1.29 is 28.6 Å². The Morgan fingerprint density at radius 2 is 1.67 bits per heavy atom. The molecule has 0 saturated carbocycles. The highest BCUT2D eigenvalue weighted by Gasteiger charge is 2.38. The van der Waals surface area contributed by atoms with Crippen molar-refractivity contribution in [3.05, 3.63) is 11.8 Å². The molecule has 18 heavy (non-hydrogen) atoms. The number of carbonyl (C=O) groups is 3. The van der Waals surface area contributed by atoms with Gasteiger partial charge < -0.3 is 14.2 Å². The van der Waals surface area contributed by atoms with Gasteiger partial charge in [-0.1, -0.05) is 0 Å². The van der Waals surface area contributed by atoms with Gasteiger partial charge in [0.1, 0.15) is 5.76 Å². The monoisotopic (exact) mass is 256 g/mol. The first-order valence-corrected chi connectivity index (χ1v) is 5.52. The summed E-state index contributed by atoms with van der Waals surface area (Å²) >= 11 is 0. The summed E-state index contributed by atoms with van der Waals surface area (Å²) in [6.07, 6.45) is 2.07. The lowest BCUT2D eigenvalue weighted by Crippen LogP contribution is -2.34. The van der Waals surface area contributed by atoms with Crippen molar-refractivity contribution in [2.75, 3.05) is 14.2 Å². The third-order valence-electron chi connectivity index (χ3n) is 2.79. The van der Waals surface area contributed by atoms with Crippen LogP contribution in [0.5, 0.6) is 0 Å². The number of hydrogen-bond donors (Lipinski definition) is 0. The van der Waals surface area contributed by atoms with E-state index in [0.29, 0.717) is 5.76 Å². The van der Waals surface area contributed by atoms with E-state index in [2.05, 4.69) is 9.47 Å². The molecule has 1 aliphatic carbocycles. The molecule has 0 bridgehead atoms. The van der Waals surface area contributed by atoms with E-state index >= 15 is 0 Å². The molecule has 2 unspecified atom stereocenters. The Labute approximate surface area is 105 Å². The zero-order valence-electron chi connectivity index (χ0n) is 10.6. The molecule has 0 heterocycles. The quantitative estimate of drug-likeness (QED) is 0.549. The van der Waals surface area contributed by atoms with E-state index in [1.54, 1.807) is 6.08 Å². The average Bonchev–Trinajstić information content (AvgIpc) is 2.36. The molecule has 0 radical (unpaired) electrons. The smallest absolute Gasteiger partial charge is 0.310 e. The second kappa shape index (κ2) is 6.18. The van der Waals surface area contributed by atoms with Crippen molar-refractivity contribution in [1.82, 2.24) is 0 Å². The van der Waals surface area contributed by atoms with Gasteiger partial charge in [-0.05, 0) is 12.5 Å². The van der Waals surface area contributed by atoms with Gasteiger partial charge in [-0.3, -0.25) is 14.4 Å². The van der Waals surface area contributed by atoms with Crippen molar-refractivity contribution >= 4 is 17.9 Å². The minimum Gasteiger partial charge on any atom is -0.469 e. The topological polar surface area (TPSA) is 78.9 Å². The van der Waals surface area contributed by atoms with Gasteiger partial charge in [0.25, 0.3) is 0 Å². The highest BCUT2D eigenvalue weighted by atomic mass is 16.5. The fraction of sp³-hybridized carbons (Fsp3) is 0.583. The van der Waals surface area contributed by atoms with Crippen LogP contribution in [0.3, 0.4) is 0 Å². The molecule has 100 valence electrons. The molecule has 0 saturated heterocycles. The van der Waals surface area contributed by atoms with Crippen LogP contribution in [0.15, 0.2) is 11.8 Å². The first kappa shape index (κ1) is 14.2. The van der Waals surface area contributed by atoms with Gasteiger partial charge >= 0.3 is 17.9 Å². The summed E-state index contributed by atoms with van der Waals surface area (Å²) in [7, 11) is 2.52. The van der Waals surface area contributed by atoms with Gasteiger partial charge in [0.2, 0.25) is 0 Å². The summed E-state index contributed by atoms with van der Waals surface area (Å²) in [5.74, 6) is -2.32. The van der Waals surface area contributed by atoms with E-state index in [-0.39, 0.29) is 12.8 Å². The second-order valence-corrected chi connectivity index (χ2v) is 3.96. The molecule has 0 aromatic rings.